The summed E-state index contributed by atoms with van der Waals surface area (Å²) in [5, 5.41) is 13.7. The van der Waals surface area contributed by atoms with Crippen LogP contribution in [-0.4, -0.2) is 63.7 Å². The first kappa shape index (κ1) is 27.9. The van der Waals surface area contributed by atoms with Gasteiger partial charge in [-0.1, -0.05) is 30.3 Å². The van der Waals surface area contributed by atoms with Gasteiger partial charge in [-0.15, -0.1) is 0 Å². The van der Waals surface area contributed by atoms with Crippen LogP contribution >= 0.6 is 0 Å². The van der Waals surface area contributed by atoms with Crippen LogP contribution in [0.15, 0.2) is 54.7 Å². The van der Waals surface area contributed by atoms with Crippen molar-refractivity contribution in [3.63, 3.8) is 0 Å². The Hall–Kier alpha value is -4.21. The summed E-state index contributed by atoms with van der Waals surface area (Å²) in [6.07, 6.45) is 4.67. The molecule has 2 aromatic carbocycles. The molecule has 218 valence electrons. The first-order chi connectivity index (χ1) is 20.4. The zero-order valence-corrected chi connectivity index (χ0v) is 24.3. The van der Waals surface area contributed by atoms with Crippen LogP contribution in [0.3, 0.4) is 0 Å². The number of benzene rings is 2. The smallest absolute Gasteiger partial charge is 0.342 e. The predicted molar refractivity (Wildman–Crippen MR) is 159 cm³/mol. The number of pyridine rings is 1. The highest BCUT2D eigenvalue weighted by Gasteiger charge is 2.27. The van der Waals surface area contributed by atoms with Crippen molar-refractivity contribution in [2.45, 2.75) is 52.3 Å². The van der Waals surface area contributed by atoms with Gasteiger partial charge in [0.15, 0.2) is 5.82 Å². The fraction of sp³-hybridized carbons (Fsp3) is 0.364. The second-order valence-electron chi connectivity index (χ2n) is 11.0. The molecule has 0 radical (unpaired) electrons. The van der Waals surface area contributed by atoms with Crippen molar-refractivity contribution in [1.29, 1.82) is 0 Å². The number of hydrogen-bond acceptors (Lipinski definition) is 7. The highest BCUT2D eigenvalue weighted by atomic mass is 16.5. The summed E-state index contributed by atoms with van der Waals surface area (Å²) in [5.41, 5.74) is 7.86. The number of carboxylic acid groups (broad SMARTS) is 1. The Labute approximate surface area is 245 Å². The van der Waals surface area contributed by atoms with Gasteiger partial charge in [0.2, 0.25) is 5.88 Å². The number of carboxylic acids is 1. The van der Waals surface area contributed by atoms with Crippen molar-refractivity contribution in [2.75, 3.05) is 26.9 Å². The van der Waals surface area contributed by atoms with E-state index in [1.807, 2.05) is 37.3 Å². The standard InChI is InChI=1S/C33H36N4O5/c1-21-7-4-9-27(29-10-5-11-30(35-29)37-32(40-3)28(17-34-37)33(38)39)31(21)42-19-24-13-12-23-18-36(15-14-26(23)22(24)2)25-8-6-16-41-20-25/h4-5,7,9-13,17,25H,6,8,14-16,18-20H2,1-3H3,(H,38,39)/t25-/m0/s1. The van der Waals surface area contributed by atoms with Crippen molar-refractivity contribution in [3.05, 3.63) is 88.1 Å². The van der Waals surface area contributed by atoms with Gasteiger partial charge in [-0.25, -0.2) is 9.78 Å². The van der Waals surface area contributed by atoms with Crippen molar-refractivity contribution in [1.82, 2.24) is 19.7 Å². The number of fused-ring (bicyclic) bond motifs is 1. The third-order valence-corrected chi connectivity index (χ3v) is 8.44. The number of ether oxygens (including phenoxy) is 3. The molecule has 1 saturated heterocycles. The molecule has 6 rings (SSSR count). The second-order valence-corrected chi connectivity index (χ2v) is 11.0. The van der Waals surface area contributed by atoms with E-state index < -0.39 is 5.97 Å². The second kappa shape index (κ2) is 12.0. The van der Waals surface area contributed by atoms with Crippen LogP contribution in [0.5, 0.6) is 11.6 Å². The molecular weight excluding hydrogens is 532 g/mol. The van der Waals surface area contributed by atoms with Gasteiger partial charge in [-0.3, -0.25) is 4.90 Å². The van der Waals surface area contributed by atoms with E-state index in [-0.39, 0.29) is 11.4 Å². The minimum absolute atomic E-state index is 0.0274. The number of carbonyl (C=O) groups is 1. The minimum atomic E-state index is -1.11. The molecule has 1 atom stereocenters. The van der Waals surface area contributed by atoms with E-state index in [1.165, 1.54) is 46.7 Å². The number of aromatic carboxylic acids is 1. The maximum atomic E-state index is 11.6. The van der Waals surface area contributed by atoms with Gasteiger partial charge < -0.3 is 19.3 Å². The molecule has 1 N–H and O–H groups in total. The molecule has 9 heteroatoms. The average Bonchev–Trinajstić information content (AvgIpc) is 3.46. The van der Waals surface area contributed by atoms with Crippen LogP contribution in [-0.2, 0) is 24.3 Å². The molecule has 4 aromatic rings. The van der Waals surface area contributed by atoms with E-state index in [0.717, 1.165) is 56.0 Å². The summed E-state index contributed by atoms with van der Waals surface area (Å²) in [6, 6.07) is 16.5. The van der Waals surface area contributed by atoms with Gasteiger partial charge in [0.05, 0.1) is 25.6 Å². The molecule has 4 heterocycles. The number of para-hydroxylation sites is 1. The molecule has 2 aliphatic rings. The molecule has 9 nitrogen and oxygen atoms in total. The van der Waals surface area contributed by atoms with Gasteiger partial charge >= 0.3 is 5.97 Å². The molecule has 0 spiro atoms. The lowest BCUT2D eigenvalue weighted by molar-refractivity contribution is 0.0125. The van der Waals surface area contributed by atoms with Crippen LogP contribution in [0.4, 0.5) is 0 Å². The monoisotopic (exact) mass is 568 g/mol. The first-order valence-corrected chi connectivity index (χ1v) is 14.4. The normalized spacial score (nSPS) is 17.1. The molecule has 0 bridgehead atoms. The third kappa shape index (κ3) is 5.37. The molecule has 1 fully saturated rings. The largest absolute Gasteiger partial charge is 0.488 e. The van der Waals surface area contributed by atoms with Crippen LogP contribution < -0.4 is 9.47 Å². The number of aryl methyl sites for hydroxylation is 1. The van der Waals surface area contributed by atoms with E-state index in [2.05, 4.69) is 29.1 Å². The minimum Gasteiger partial charge on any atom is -0.488 e. The van der Waals surface area contributed by atoms with E-state index >= 15 is 0 Å². The molecule has 0 saturated carbocycles. The number of methoxy groups -OCH3 is 1. The molecule has 0 amide bonds. The quantitative estimate of drug-likeness (QED) is 0.303. The summed E-state index contributed by atoms with van der Waals surface area (Å²) in [4.78, 5) is 19.0. The molecular formula is C33H36N4O5. The van der Waals surface area contributed by atoms with Crippen LogP contribution in [0.1, 0.15) is 51.0 Å². The topological polar surface area (TPSA) is 98.9 Å². The molecule has 2 aliphatic heterocycles. The van der Waals surface area contributed by atoms with Crippen molar-refractivity contribution in [2.24, 2.45) is 0 Å². The fourth-order valence-electron chi connectivity index (χ4n) is 6.12. The number of nitrogens with zero attached hydrogens (tertiary/aromatic N) is 4. The predicted octanol–water partition coefficient (Wildman–Crippen LogP) is 5.37. The number of hydrogen-bond donors (Lipinski definition) is 1. The van der Waals surface area contributed by atoms with Crippen molar-refractivity contribution < 1.29 is 24.1 Å². The highest BCUT2D eigenvalue weighted by molar-refractivity contribution is 5.90. The van der Waals surface area contributed by atoms with Gasteiger partial charge in [0, 0.05) is 31.3 Å². The molecule has 0 aliphatic carbocycles. The SMILES string of the molecule is COc1c(C(=O)O)cnn1-c1cccc(-c2cccc(C)c2OCc2ccc3c(c2C)CCN([C@H]2CCCOC2)C3)n1. The van der Waals surface area contributed by atoms with Crippen molar-refractivity contribution >= 4 is 5.97 Å². The summed E-state index contributed by atoms with van der Waals surface area (Å²) in [6.45, 7) is 8.46. The van der Waals surface area contributed by atoms with Crippen molar-refractivity contribution in [3.8, 4) is 28.7 Å². The summed E-state index contributed by atoms with van der Waals surface area (Å²) in [7, 11) is 1.42. The summed E-state index contributed by atoms with van der Waals surface area (Å²) >= 11 is 0. The van der Waals surface area contributed by atoms with Gasteiger partial charge in [0.1, 0.15) is 17.9 Å². The fourth-order valence-corrected chi connectivity index (χ4v) is 6.12. The Morgan fingerprint density at radius 2 is 2.00 bits per heavy atom. The van der Waals surface area contributed by atoms with E-state index in [1.54, 1.807) is 6.07 Å². The van der Waals surface area contributed by atoms with Gasteiger partial charge in [0.25, 0.3) is 0 Å². The van der Waals surface area contributed by atoms with Gasteiger partial charge in [-0.05, 0) is 79.1 Å². The van der Waals surface area contributed by atoms with Crippen LogP contribution in [0, 0.1) is 13.8 Å². The zero-order chi connectivity index (χ0) is 29.2. The molecule has 2 aromatic heterocycles. The Bertz CT molecular complexity index is 1610. The molecule has 42 heavy (non-hydrogen) atoms. The third-order valence-electron chi connectivity index (χ3n) is 8.44. The highest BCUT2D eigenvalue weighted by Crippen LogP contribution is 2.35. The Kier molecular flexibility index (Phi) is 7.95. The maximum Gasteiger partial charge on any atom is 0.342 e. The summed E-state index contributed by atoms with van der Waals surface area (Å²) in [5.74, 6) is 0.216. The van der Waals surface area contributed by atoms with E-state index in [0.29, 0.717) is 24.2 Å². The Morgan fingerprint density at radius 3 is 2.79 bits per heavy atom. The lowest BCUT2D eigenvalue weighted by Crippen LogP contribution is -2.44. The maximum absolute atomic E-state index is 11.6. The lowest BCUT2D eigenvalue weighted by atomic mass is 9.91. The Morgan fingerprint density at radius 1 is 1.14 bits per heavy atom. The van der Waals surface area contributed by atoms with E-state index in [4.69, 9.17) is 19.2 Å². The van der Waals surface area contributed by atoms with Crippen LogP contribution in [0.2, 0.25) is 0 Å². The lowest BCUT2D eigenvalue weighted by Gasteiger charge is -2.38. The van der Waals surface area contributed by atoms with Crippen LogP contribution in [0.25, 0.3) is 17.1 Å². The molecule has 0 unspecified atom stereocenters. The zero-order valence-electron chi connectivity index (χ0n) is 24.3. The Balaban J connectivity index is 1.24. The summed E-state index contributed by atoms with van der Waals surface area (Å²) < 4.78 is 19.0. The van der Waals surface area contributed by atoms with E-state index in [9.17, 15) is 9.90 Å². The first-order valence-electron chi connectivity index (χ1n) is 14.4. The van der Waals surface area contributed by atoms with Gasteiger partial charge in [-0.2, -0.15) is 9.78 Å². The number of aromatic nitrogens is 3. The number of rotatable bonds is 8. The average molecular weight is 569 g/mol.